The van der Waals surface area contributed by atoms with Crippen molar-refractivity contribution in [3.05, 3.63) is 28.3 Å². The molecule has 0 bridgehead atoms. The van der Waals surface area contributed by atoms with Crippen molar-refractivity contribution < 1.29 is 18.4 Å². The van der Waals surface area contributed by atoms with Gasteiger partial charge < -0.3 is 10.4 Å². The molecule has 0 aliphatic carbocycles. The second kappa shape index (κ2) is 6.63. The highest BCUT2D eigenvalue weighted by Crippen LogP contribution is 2.32. The summed E-state index contributed by atoms with van der Waals surface area (Å²) in [6, 6.07) is 4.04. The number of nitro groups is 1. The van der Waals surface area contributed by atoms with E-state index in [1.165, 1.54) is 30.0 Å². The Kier molecular flexibility index (Phi) is 5.60. The summed E-state index contributed by atoms with van der Waals surface area (Å²) in [4.78, 5) is 10.1. The zero-order valence-corrected chi connectivity index (χ0v) is 13.6. The minimum absolute atomic E-state index is 0.0713. The lowest BCUT2D eigenvalue weighted by Crippen LogP contribution is -2.36. The first-order valence-electron chi connectivity index (χ1n) is 6.01. The highest BCUT2D eigenvalue weighted by Gasteiger charge is 2.27. The Balaban J connectivity index is 3.17. The van der Waals surface area contributed by atoms with E-state index in [-0.39, 0.29) is 17.1 Å². The van der Waals surface area contributed by atoms with Gasteiger partial charge in [-0.2, -0.15) is 11.8 Å². The minimum Gasteiger partial charge on any atom is -0.387 e. The Labute approximate surface area is 127 Å². The van der Waals surface area contributed by atoms with E-state index >= 15 is 0 Å². The second-order valence-corrected chi connectivity index (χ2v) is 7.82. The van der Waals surface area contributed by atoms with Crippen molar-refractivity contribution in [3.8, 4) is 0 Å². The van der Waals surface area contributed by atoms with Gasteiger partial charge in [-0.15, -0.1) is 0 Å². The maximum atomic E-state index is 11.6. The summed E-state index contributed by atoms with van der Waals surface area (Å²) >= 11 is 1.44. The largest absolute Gasteiger partial charge is 0.387 e. The number of nitro benzene ring substituents is 1. The Morgan fingerprint density at radius 2 is 2.10 bits per heavy atom. The number of para-hydroxylation sites is 1. The summed E-state index contributed by atoms with van der Waals surface area (Å²) in [5.74, 6) is 0.444. The van der Waals surface area contributed by atoms with Gasteiger partial charge in [-0.05, 0) is 25.3 Å². The first-order valence-corrected chi connectivity index (χ1v) is 9.29. The zero-order chi connectivity index (χ0) is 16.3. The third kappa shape index (κ3) is 4.87. The SMILES string of the molecule is CSCC(C)(O)CNc1cccc(S(C)(=O)=O)c1[N+](=O)[O-]. The number of hydrogen-bond acceptors (Lipinski definition) is 7. The van der Waals surface area contributed by atoms with E-state index in [1.807, 2.05) is 6.26 Å². The summed E-state index contributed by atoms with van der Waals surface area (Å²) in [6.07, 6.45) is 2.75. The molecule has 1 rings (SSSR count). The van der Waals surface area contributed by atoms with Crippen molar-refractivity contribution in [1.82, 2.24) is 0 Å². The van der Waals surface area contributed by atoms with Gasteiger partial charge in [-0.1, -0.05) is 6.07 Å². The highest BCUT2D eigenvalue weighted by molar-refractivity contribution is 7.98. The van der Waals surface area contributed by atoms with Crippen LogP contribution in [0, 0.1) is 10.1 Å². The average molecular weight is 334 g/mol. The monoisotopic (exact) mass is 334 g/mol. The van der Waals surface area contributed by atoms with E-state index in [9.17, 15) is 23.6 Å². The number of sulfone groups is 1. The van der Waals surface area contributed by atoms with Crippen LogP contribution in [0.2, 0.25) is 0 Å². The molecule has 0 radical (unpaired) electrons. The van der Waals surface area contributed by atoms with Gasteiger partial charge in [0, 0.05) is 18.6 Å². The Bertz CT molecular complexity index is 629. The lowest BCUT2D eigenvalue weighted by atomic mass is 10.1. The van der Waals surface area contributed by atoms with E-state index in [2.05, 4.69) is 5.32 Å². The summed E-state index contributed by atoms with van der Waals surface area (Å²) in [5, 5.41) is 24.0. The van der Waals surface area contributed by atoms with Crippen molar-refractivity contribution in [2.24, 2.45) is 0 Å². The Morgan fingerprint density at radius 1 is 1.48 bits per heavy atom. The van der Waals surface area contributed by atoms with E-state index < -0.39 is 26.0 Å². The molecule has 0 aromatic heterocycles. The predicted molar refractivity (Wildman–Crippen MR) is 83.7 cm³/mol. The van der Waals surface area contributed by atoms with Crippen molar-refractivity contribution >= 4 is 33.0 Å². The van der Waals surface area contributed by atoms with E-state index in [0.29, 0.717) is 5.75 Å². The maximum absolute atomic E-state index is 11.6. The molecule has 1 atom stereocenters. The molecule has 21 heavy (non-hydrogen) atoms. The molecule has 9 heteroatoms. The summed E-state index contributed by atoms with van der Waals surface area (Å²) in [6.45, 7) is 1.67. The van der Waals surface area contributed by atoms with Crippen LogP contribution in [0.5, 0.6) is 0 Å². The zero-order valence-electron chi connectivity index (χ0n) is 12.0. The van der Waals surface area contributed by atoms with E-state index in [0.717, 1.165) is 6.26 Å². The lowest BCUT2D eigenvalue weighted by molar-refractivity contribution is -0.386. The molecule has 0 saturated carbocycles. The van der Waals surface area contributed by atoms with Crippen molar-refractivity contribution in [3.63, 3.8) is 0 Å². The number of thioether (sulfide) groups is 1. The van der Waals surface area contributed by atoms with Crippen LogP contribution >= 0.6 is 11.8 Å². The van der Waals surface area contributed by atoms with Gasteiger partial charge in [0.05, 0.1) is 10.5 Å². The van der Waals surface area contributed by atoms with Crippen molar-refractivity contribution in [2.45, 2.75) is 17.4 Å². The van der Waals surface area contributed by atoms with Gasteiger partial charge in [0.25, 0.3) is 0 Å². The Hall–Kier alpha value is -1.32. The molecule has 0 heterocycles. The molecule has 0 amide bonds. The van der Waals surface area contributed by atoms with Gasteiger partial charge >= 0.3 is 5.69 Å². The summed E-state index contributed by atoms with van der Waals surface area (Å²) < 4.78 is 23.3. The van der Waals surface area contributed by atoms with E-state index in [1.54, 1.807) is 6.92 Å². The van der Waals surface area contributed by atoms with Crippen LogP contribution in [0.15, 0.2) is 23.1 Å². The number of rotatable bonds is 7. The van der Waals surface area contributed by atoms with Gasteiger partial charge in [0.2, 0.25) is 0 Å². The molecule has 0 saturated heterocycles. The van der Waals surface area contributed by atoms with Crippen molar-refractivity contribution in [2.75, 3.05) is 30.1 Å². The molecule has 118 valence electrons. The molecule has 0 aliphatic heterocycles. The van der Waals surface area contributed by atoms with Gasteiger partial charge in [0.1, 0.15) is 10.6 Å². The number of aliphatic hydroxyl groups is 1. The molecule has 1 unspecified atom stereocenters. The number of benzene rings is 1. The summed E-state index contributed by atoms with van der Waals surface area (Å²) in [7, 11) is -3.71. The van der Waals surface area contributed by atoms with Crippen LogP contribution in [0.25, 0.3) is 0 Å². The lowest BCUT2D eigenvalue weighted by Gasteiger charge is -2.23. The van der Waals surface area contributed by atoms with Crippen LogP contribution in [-0.2, 0) is 9.84 Å². The molecule has 2 N–H and O–H groups in total. The van der Waals surface area contributed by atoms with Crippen LogP contribution in [0.1, 0.15) is 6.92 Å². The first-order chi connectivity index (χ1) is 9.58. The number of anilines is 1. The number of hydrogen-bond donors (Lipinski definition) is 2. The molecule has 1 aromatic rings. The van der Waals surface area contributed by atoms with Crippen LogP contribution < -0.4 is 5.32 Å². The van der Waals surface area contributed by atoms with E-state index in [4.69, 9.17) is 0 Å². The van der Waals surface area contributed by atoms with Crippen LogP contribution in [0.3, 0.4) is 0 Å². The molecule has 0 spiro atoms. The van der Waals surface area contributed by atoms with Gasteiger partial charge in [-0.3, -0.25) is 10.1 Å². The third-order valence-corrected chi connectivity index (χ3v) is 4.73. The fourth-order valence-electron chi connectivity index (χ4n) is 1.80. The highest BCUT2D eigenvalue weighted by atomic mass is 32.2. The maximum Gasteiger partial charge on any atom is 0.310 e. The minimum atomic E-state index is -3.71. The molecule has 0 aliphatic rings. The molecule has 1 aromatic carbocycles. The quantitative estimate of drug-likeness (QED) is 0.574. The van der Waals surface area contributed by atoms with Gasteiger partial charge in [0.15, 0.2) is 9.84 Å². The molecular weight excluding hydrogens is 316 g/mol. The Morgan fingerprint density at radius 3 is 2.57 bits per heavy atom. The predicted octanol–water partition coefficient (Wildman–Crippen LogP) is 1.52. The fraction of sp³-hybridized carbons (Fsp3) is 0.500. The first kappa shape index (κ1) is 17.7. The summed E-state index contributed by atoms with van der Waals surface area (Å²) in [5.41, 5.74) is -1.49. The topological polar surface area (TPSA) is 110 Å². The molecule has 0 fully saturated rings. The van der Waals surface area contributed by atoms with Crippen LogP contribution in [0.4, 0.5) is 11.4 Å². The smallest absolute Gasteiger partial charge is 0.310 e. The van der Waals surface area contributed by atoms with Gasteiger partial charge in [-0.25, -0.2) is 8.42 Å². The number of nitrogens with one attached hydrogen (secondary N) is 1. The fourth-order valence-corrected chi connectivity index (χ4v) is 3.39. The molecular formula is C12H18N2O5S2. The average Bonchev–Trinajstić information content (AvgIpc) is 2.34. The second-order valence-electron chi connectivity index (χ2n) is 4.97. The standard InChI is InChI=1S/C12H18N2O5S2/c1-12(15,8-20-2)7-13-9-5-4-6-10(21(3,18)19)11(9)14(16)17/h4-6,13,15H,7-8H2,1-3H3. The van der Waals surface area contributed by atoms with Crippen molar-refractivity contribution in [1.29, 1.82) is 0 Å². The molecule has 7 nitrogen and oxygen atoms in total. The normalized spacial score (nSPS) is 14.5. The third-order valence-electron chi connectivity index (χ3n) is 2.70. The number of nitrogens with zero attached hydrogens (tertiary/aromatic N) is 1. The van der Waals surface area contributed by atoms with Crippen LogP contribution in [-0.4, -0.2) is 48.9 Å².